The molecule has 0 saturated carbocycles. The Morgan fingerprint density at radius 3 is 2.78 bits per heavy atom. The Hall–Kier alpha value is -0.810. The molecule has 0 aromatic rings. The van der Waals surface area contributed by atoms with Gasteiger partial charge >= 0.3 is 0 Å². The van der Waals surface area contributed by atoms with Gasteiger partial charge in [0, 0.05) is 13.3 Å². The van der Waals surface area contributed by atoms with Gasteiger partial charge in [0.15, 0.2) is 0 Å². The van der Waals surface area contributed by atoms with Crippen LogP contribution in [0.4, 0.5) is 0 Å². The highest BCUT2D eigenvalue weighted by Gasteiger charge is 1.90. The van der Waals surface area contributed by atoms with Gasteiger partial charge in [0.1, 0.15) is 12.4 Å². The Balaban J connectivity index is 2.94. The van der Waals surface area contributed by atoms with Crippen molar-refractivity contribution in [2.75, 3.05) is 13.2 Å². The summed E-state index contributed by atoms with van der Waals surface area (Å²) in [6, 6.07) is 0. The lowest BCUT2D eigenvalue weighted by Crippen LogP contribution is -2.00. The smallest absolute Gasteiger partial charge is 0.139 e. The molecule has 0 unspecified atom stereocenters. The van der Waals surface area contributed by atoms with Gasteiger partial charge in [0.05, 0.1) is 6.61 Å². The monoisotopic (exact) mass is 124 g/mol. The highest BCUT2D eigenvalue weighted by Crippen LogP contribution is 1.81. The lowest BCUT2D eigenvalue weighted by molar-refractivity contribution is -0.115. The van der Waals surface area contributed by atoms with Crippen molar-refractivity contribution in [1.82, 2.24) is 0 Å². The summed E-state index contributed by atoms with van der Waals surface area (Å²) >= 11 is 0. The van der Waals surface area contributed by atoms with Crippen LogP contribution in [0, 0.1) is 19.3 Å². The number of hydrogen-bond donors (Lipinski definition) is 0. The molecule has 2 radical (unpaired) electrons. The predicted octanol–water partition coefficient (Wildman–Crippen LogP) is 0.306. The van der Waals surface area contributed by atoms with Crippen LogP contribution in [0.2, 0.25) is 0 Å². The average Bonchev–Trinajstić information content (AvgIpc) is 1.80. The molecule has 0 spiro atoms. The van der Waals surface area contributed by atoms with Gasteiger partial charge in [-0.1, -0.05) is 5.92 Å². The first-order chi connectivity index (χ1) is 4.27. The topological polar surface area (TPSA) is 26.3 Å². The molecular weight excluding hydrogens is 116 g/mol. The molecule has 9 heavy (non-hydrogen) atoms. The van der Waals surface area contributed by atoms with E-state index in [4.69, 9.17) is 18.1 Å². The zero-order valence-corrected chi connectivity index (χ0v) is 5.09. The van der Waals surface area contributed by atoms with Gasteiger partial charge in [-0.05, 0) is 0 Å². The second-order valence-electron chi connectivity index (χ2n) is 1.47. The molecule has 0 aliphatic rings. The van der Waals surface area contributed by atoms with Crippen molar-refractivity contribution < 1.29 is 9.53 Å². The summed E-state index contributed by atoms with van der Waals surface area (Å²) in [7, 11) is 0. The fourth-order valence-corrected chi connectivity index (χ4v) is 0.304. The Morgan fingerprint density at radius 2 is 2.33 bits per heavy atom. The summed E-state index contributed by atoms with van der Waals surface area (Å²) < 4.78 is 4.76. The number of Topliss-reactive ketones (excluding diaryl/α,β-unsaturated/α-hetero) is 1. The molecule has 0 N–H and O–H groups in total. The number of carbonyl (C=O) groups is 1. The molecule has 0 heterocycles. The second-order valence-corrected chi connectivity index (χ2v) is 1.47. The zero-order chi connectivity index (χ0) is 7.11. The molecule has 48 valence electrons. The summed E-state index contributed by atoms with van der Waals surface area (Å²) in [6.07, 6.45) is 5.09. The lowest BCUT2D eigenvalue weighted by Gasteiger charge is -1.94. The van der Waals surface area contributed by atoms with Gasteiger partial charge in [-0.25, -0.2) is 0 Å². The fraction of sp³-hybridized carbons (Fsp3) is 0.429. The van der Waals surface area contributed by atoms with Crippen molar-refractivity contribution in [1.29, 1.82) is 0 Å². The molecule has 2 heteroatoms. The van der Waals surface area contributed by atoms with Gasteiger partial charge in [0.25, 0.3) is 0 Å². The summed E-state index contributed by atoms with van der Waals surface area (Å²) in [5, 5.41) is 0. The maximum absolute atomic E-state index is 10.1. The minimum Gasteiger partial charge on any atom is -0.368 e. The minimum absolute atomic E-state index is 0.238. The quantitative estimate of drug-likeness (QED) is 0.398. The van der Waals surface area contributed by atoms with Crippen LogP contribution in [0.15, 0.2) is 0 Å². The lowest BCUT2D eigenvalue weighted by atomic mass is 10.3. The van der Waals surface area contributed by atoms with Crippen LogP contribution in [0.3, 0.4) is 0 Å². The standard InChI is InChI=1S/C7H8O2/c1-3-5-9-6-4-7(2)8/h1-2H,4-6H2. The van der Waals surface area contributed by atoms with E-state index in [0.29, 0.717) is 6.61 Å². The van der Waals surface area contributed by atoms with Crippen LogP contribution in [0.1, 0.15) is 6.42 Å². The third-order valence-electron chi connectivity index (χ3n) is 0.678. The first-order valence-electron chi connectivity index (χ1n) is 2.57. The number of hydrogen-bond acceptors (Lipinski definition) is 2. The SMILES string of the molecule is [CH]C(=O)CCOCC#C. The van der Waals surface area contributed by atoms with Crippen LogP contribution in [-0.4, -0.2) is 19.0 Å². The molecule has 0 fully saturated rings. The molecule has 0 atom stereocenters. The third kappa shape index (κ3) is 7.19. The summed E-state index contributed by atoms with van der Waals surface area (Å²) in [5.41, 5.74) is 0. The van der Waals surface area contributed by atoms with Crippen molar-refractivity contribution >= 4 is 5.78 Å². The van der Waals surface area contributed by atoms with E-state index < -0.39 is 0 Å². The van der Waals surface area contributed by atoms with E-state index in [1.807, 2.05) is 0 Å². The van der Waals surface area contributed by atoms with Crippen LogP contribution < -0.4 is 0 Å². The molecule has 2 nitrogen and oxygen atoms in total. The molecule has 0 aliphatic heterocycles. The van der Waals surface area contributed by atoms with Crippen molar-refractivity contribution in [3.63, 3.8) is 0 Å². The minimum atomic E-state index is -0.368. The molecule has 0 rings (SSSR count). The van der Waals surface area contributed by atoms with Crippen molar-refractivity contribution in [3.05, 3.63) is 6.92 Å². The number of carbonyl (C=O) groups excluding carboxylic acids is 1. The molecule has 0 bridgehead atoms. The van der Waals surface area contributed by atoms with E-state index in [-0.39, 0.29) is 18.8 Å². The number of ether oxygens (including phenoxy) is 1. The van der Waals surface area contributed by atoms with Gasteiger partial charge in [-0.15, -0.1) is 6.42 Å². The Bertz CT molecular complexity index is 121. The van der Waals surface area contributed by atoms with Gasteiger partial charge in [-0.3, -0.25) is 4.79 Å². The van der Waals surface area contributed by atoms with Crippen molar-refractivity contribution in [3.8, 4) is 12.3 Å². The second kappa shape index (κ2) is 5.33. The van der Waals surface area contributed by atoms with Crippen molar-refractivity contribution in [2.24, 2.45) is 0 Å². The van der Waals surface area contributed by atoms with Crippen LogP contribution in [0.25, 0.3) is 0 Å². The maximum atomic E-state index is 10.1. The largest absolute Gasteiger partial charge is 0.368 e. The molecule has 0 amide bonds. The number of ketones is 1. The van der Waals surface area contributed by atoms with Crippen molar-refractivity contribution in [2.45, 2.75) is 6.42 Å². The first-order valence-corrected chi connectivity index (χ1v) is 2.57. The average molecular weight is 124 g/mol. The summed E-state index contributed by atoms with van der Waals surface area (Å²) in [6.45, 7) is 5.37. The molecule has 0 aliphatic carbocycles. The summed E-state index contributed by atoms with van der Waals surface area (Å²) in [4.78, 5) is 10.1. The Kier molecular flexibility index (Phi) is 4.85. The Labute approximate surface area is 55.2 Å². The normalized spacial score (nSPS) is 8.44. The van der Waals surface area contributed by atoms with Gasteiger partial charge in [-0.2, -0.15) is 0 Å². The van der Waals surface area contributed by atoms with Gasteiger partial charge in [0.2, 0.25) is 0 Å². The Morgan fingerprint density at radius 1 is 1.67 bits per heavy atom. The van der Waals surface area contributed by atoms with Crippen LogP contribution in [-0.2, 0) is 9.53 Å². The third-order valence-corrected chi connectivity index (χ3v) is 0.678. The van der Waals surface area contributed by atoms with Gasteiger partial charge < -0.3 is 4.74 Å². The number of rotatable bonds is 4. The number of terminal acetylenes is 1. The highest BCUT2D eigenvalue weighted by molar-refractivity contribution is 5.82. The predicted molar refractivity (Wildman–Crippen MR) is 33.6 cm³/mol. The van der Waals surface area contributed by atoms with Crippen LogP contribution >= 0.6 is 0 Å². The maximum Gasteiger partial charge on any atom is 0.139 e. The zero-order valence-electron chi connectivity index (χ0n) is 5.09. The molecular formula is C7H8O2. The molecule has 0 aromatic heterocycles. The molecule has 0 aromatic carbocycles. The fourth-order valence-electron chi connectivity index (χ4n) is 0.304. The molecule has 0 saturated heterocycles. The first kappa shape index (κ1) is 8.19. The van der Waals surface area contributed by atoms with E-state index in [1.165, 1.54) is 0 Å². The van der Waals surface area contributed by atoms with E-state index in [1.54, 1.807) is 0 Å². The van der Waals surface area contributed by atoms with E-state index >= 15 is 0 Å². The van der Waals surface area contributed by atoms with E-state index in [9.17, 15) is 4.79 Å². The summed E-state index contributed by atoms with van der Waals surface area (Å²) in [5.74, 6) is 1.90. The van der Waals surface area contributed by atoms with E-state index in [0.717, 1.165) is 0 Å². The highest BCUT2D eigenvalue weighted by atomic mass is 16.5. The van der Waals surface area contributed by atoms with E-state index in [2.05, 4.69) is 5.92 Å². The van der Waals surface area contributed by atoms with Crippen LogP contribution in [0.5, 0.6) is 0 Å².